The average Bonchev–Trinajstić information content (AvgIpc) is 2.42. The number of benzene rings is 1. The van der Waals surface area contributed by atoms with Gasteiger partial charge in [-0.1, -0.05) is 13.8 Å². The number of halogens is 1. The quantitative estimate of drug-likeness (QED) is 0.797. The predicted molar refractivity (Wildman–Crippen MR) is 78.3 cm³/mol. The van der Waals surface area contributed by atoms with E-state index < -0.39 is 29.3 Å². The zero-order chi connectivity index (χ0) is 16.4. The molecule has 1 atom stereocenters. The molecule has 116 valence electrons. The summed E-state index contributed by atoms with van der Waals surface area (Å²) in [6.07, 6.45) is 0. The highest BCUT2D eigenvalue weighted by Crippen LogP contribution is 2.17. The highest BCUT2D eigenvalue weighted by atomic mass is 19.1. The number of carboxylic acid groups (broad SMARTS) is 1. The summed E-state index contributed by atoms with van der Waals surface area (Å²) in [6, 6.07) is 3.61. The number of aromatic amines is 1. The molecule has 0 saturated heterocycles. The highest BCUT2D eigenvalue weighted by molar-refractivity contribution is 6.06. The van der Waals surface area contributed by atoms with Gasteiger partial charge in [-0.25, -0.2) is 9.18 Å². The van der Waals surface area contributed by atoms with E-state index in [1.807, 2.05) is 0 Å². The van der Waals surface area contributed by atoms with Crippen LogP contribution in [0.4, 0.5) is 4.39 Å². The SMILES string of the molecule is CC(C)[C@H](NC(=O)c1cc(=O)[nH]c2cc(F)ccc12)C(=O)O. The van der Waals surface area contributed by atoms with Gasteiger partial charge in [0.1, 0.15) is 11.9 Å². The molecule has 7 heteroatoms. The number of amides is 1. The van der Waals surface area contributed by atoms with Crippen molar-refractivity contribution in [3.8, 4) is 0 Å². The summed E-state index contributed by atoms with van der Waals surface area (Å²) in [7, 11) is 0. The van der Waals surface area contributed by atoms with Crippen LogP contribution in [0.2, 0.25) is 0 Å². The Hall–Kier alpha value is -2.70. The first-order valence-electron chi connectivity index (χ1n) is 6.66. The molecule has 2 rings (SSSR count). The van der Waals surface area contributed by atoms with Crippen LogP contribution >= 0.6 is 0 Å². The van der Waals surface area contributed by atoms with Crippen LogP contribution in [0.25, 0.3) is 10.9 Å². The third-order valence-corrected chi connectivity index (χ3v) is 3.27. The molecule has 0 aliphatic carbocycles. The molecule has 1 aromatic carbocycles. The number of pyridine rings is 1. The lowest BCUT2D eigenvalue weighted by atomic mass is 10.0. The minimum atomic E-state index is -1.16. The Balaban J connectivity index is 2.48. The van der Waals surface area contributed by atoms with E-state index in [1.54, 1.807) is 13.8 Å². The lowest BCUT2D eigenvalue weighted by Gasteiger charge is -2.18. The first-order valence-corrected chi connectivity index (χ1v) is 6.66. The zero-order valence-corrected chi connectivity index (χ0v) is 12.0. The second-order valence-electron chi connectivity index (χ2n) is 5.27. The molecule has 3 N–H and O–H groups in total. The third kappa shape index (κ3) is 3.13. The maximum atomic E-state index is 13.2. The van der Waals surface area contributed by atoms with Gasteiger partial charge >= 0.3 is 5.97 Å². The van der Waals surface area contributed by atoms with Crippen LogP contribution < -0.4 is 10.9 Å². The van der Waals surface area contributed by atoms with Crippen molar-refractivity contribution in [1.29, 1.82) is 0 Å². The summed E-state index contributed by atoms with van der Waals surface area (Å²) in [5.41, 5.74) is -0.389. The van der Waals surface area contributed by atoms with E-state index in [-0.39, 0.29) is 17.0 Å². The largest absolute Gasteiger partial charge is 0.480 e. The number of hydrogen-bond acceptors (Lipinski definition) is 3. The Bertz CT molecular complexity index is 798. The van der Waals surface area contributed by atoms with Crippen molar-refractivity contribution in [3.05, 3.63) is 46.0 Å². The molecule has 1 aromatic heterocycles. The van der Waals surface area contributed by atoms with Gasteiger partial charge in [0.2, 0.25) is 5.56 Å². The monoisotopic (exact) mass is 306 g/mol. The molecule has 22 heavy (non-hydrogen) atoms. The number of aliphatic carboxylic acids is 1. The van der Waals surface area contributed by atoms with E-state index in [0.717, 1.165) is 18.2 Å². The molecule has 1 heterocycles. The summed E-state index contributed by atoms with van der Waals surface area (Å²) in [4.78, 5) is 37.5. The van der Waals surface area contributed by atoms with Crippen LogP contribution in [0.5, 0.6) is 0 Å². The van der Waals surface area contributed by atoms with Crippen molar-refractivity contribution < 1.29 is 19.1 Å². The average molecular weight is 306 g/mol. The van der Waals surface area contributed by atoms with E-state index in [1.165, 1.54) is 6.07 Å². The molecular weight excluding hydrogens is 291 g/mol. The van der Waals surface area contributed by atoms with E-state index >= 15 is 0 Å². The van der Waals surface area contributed by atoms with Crippen LogP contribution in [0, 0.1) is 11.7 Å². The molecule has 6 nitrogen and oxygen atoms in total. The maximum absolute atomic E-state index is 13.2. The first kappa shape index (κ1) is 15.7. The molecular formula is C15H15FN2O4. The molecule has 0 aliphatic heterocycles. The van der Waals surface area contributed by atoms with Crippen LogP contribution in [0.15, 0.2) is 29.1 Å². The summed E-state index contributed by atoms with van der Waals surface area (Å²) in [6.45, 7) is 3.31. The van der Waals surface area contributed by atoms with Crippen molar-refractivity contribution in [2.24, 2.45) is 5.92 Å². The fourth-order valence-corrected chi connectivity index (χ4v) is 2.15. The summed E-state index contributed by atoms with van der Waals surface area (Å²) in [5.74, 6) is -2.73. The van der Waals surface area contributed by atoms with Crippen molar-refractivity contribution in [3.63, 3.8) is 0 Å². The number of carbonyl (C=O) groups is 2. The van der Waals surface area contributed by atoms with Gasteiger partial charge in [0.15, 0.2) is 0 Å². The Kier molecular flexibility index (Phi) is 4.25. The van der Waals surface area contributed by atoms with Gasteiger partial charge in [-0.3, -0.25) is 9.59 Å². The van der Waals surface area contributed by atoms with Gasteiger partial charge in [0, 0.05) is 11.5 Å². The number of carbonyl (C=O) groups excluding carboxylic acids is 1. The van der Waals surface area contributed by atoms with Crippen LogP contribution in [0.3, 0.4) is 0 Å². The Morgan fingerprint density at radius 1 is 1.27 bits per heavy atom. The number of H-pyrrole nitrogens is 1. The van der Waals surface area contributed by atoms with Crippen molar-refractivity contribution in [1.82, 2.24) is 10.3 Å². The van der Waals surface area contributed by atoms with E-state index in [9.17, 15) is 18.8 Å². The van der Waals surface area contributed by atoms with Crippen LogP contribution in [-0.2, 0) is 4.79 Å². The summed E-state index contributed by atoms with van der Waals surface area (Å²) < 4.78 is 13.2. The standard InChI is InChI=1S/C15H15FN2O4/c1-7(2)13(15(21)22)18-14(20)10-6-12(19)17-11-5-8(16)3-4-9(10)11/h3-7,13H,1-2H3,(H,17,19)(H,18,20)(H,21,22)/t13-/m0/s1. The van der Waals surface area contributed by atoms with E-state index in [0.29, 0.717) is 5.39 Å². The molecule has 0 unspecified atom stereocenters. The van der Waals surface area contributed by atoms with Gasteiger partial charge in [-0.15, -0.1) is 0 Å². The molecule has 0 radical (unpaired) electrons. The Morgan fingerprint density at radius 3 is 2.55 bits per heavy atom. The molecule has 2 aromatic rings. The smallest absolute Gasteiger partial charge is 0.326 e. The van der Waals surface area contributed by atoms with Crippen LogP contribution in [-0.4, -0.2) is 28.0 Å². The topological polar surface area (TPSA) is 99.3 Å². The Morgan fingerprint density at radius 2 is 1.95 bits per heavy atom. The number of fused-ring (bicyclic) bond motifs is 1. The van der Waals surface area contributed by atoms with Gasteiger partial charge in [-0.2, -0.15) is 0 Å². The molecule has 0 spiro atoms. The minimum Gasteiger partial charge on any atom is -0.480 e. The number of rotatable bonds is 4. The van der Waals surface area contributed by atoms with Gasteiger partial charge in [0.05, 0.1) is 11.1 Å². The lowest BCUT2D eigenvalue weighted by Crippen LogP contribution is -2.44. The van der Waals surface area contributed by atoms with Gasteiger partial charge in [0.25, 0.3) is 5.91 Å². The van der Waals surface area contributed by atoms with Crippen molar-refractivity contribution in [2.75, 3.05) is 0 Å². The maximum Gasteiger partial charge on any atom is 0.326 e. The molecule has 1 amide bonds. The highest BCUT2D eigenvalue weighted by Gasteiger charge is 2.25. The zero-order valence-electron chi connectivity index (χ0n) is 12.0. The Labute approximate surface area is 125 Å². The molecule has 0 saturated carbocycles. The minimum absolute atomic E-state index is 0.00523. The fraction of sp³-hybridized carbons (Fsp3) is 0.267. The molecule has 0 aliphatic rings. The van der Waals surface area contributed by atoms with Crippen molar-refractivity contribution in [2.45, 2.75) is 19.9 Å². The van der Waals surface area contributed by atoms with Gasteiger partial charge < -0.3 is 15.4 Å². The van der Waals surface area contributed by atoms with E-state index in [4.69, 9.17) is 5.11 Å². The summed E-state index contributed by atoms with van der Waals surface area (Å²) in [5, 5.41) is 11.8. The lowest BCUT2D eigenvalue weighted by molar-refractivity contribution is -0.140. The fourth-order valence-electron chi connectivity index (χ4n) is 2.15. The molecule has 0 fully saturated rings. The third-order valence-electron chi connectivity index (χ3n) is 3.27. The number of carboxylic acids is 1. The van der Waals surface area contributed by atoms with E-state index in [2.05, 4.69) is 10.3 Å². The second kappa shape index (κ2) is 5.97. The number of nitrogens with one attached hydrogen (secondary N) is 2. The molecule has 0 bridgehead atoms. The second-order valence-corrected chi connectivity index (χ2v) is 5.27. The summed E-state index contributed by atoms with van der Waals surface area (Å²) >= 11 is 0. The van der Waals surface area contributed by atoms with Gasteiger partial charge in [-0.05, 0) is 24.1 Å². The first-order chi connectivity index (χ1) is 10.3. The predicted octanol–water partition coefficient (Wildman–Crippen LogP) is 1.51. The number of hydrogen-bond donors (Lipinski definition) is 3. The normalized spacial score (nSPS) is 12.4. The van der Waals surface area contributed by atoms with Crippen molar-refractivity contribution >= 4 is 22.8 Å². The van der Waals surface area contributed by atoms with Crippen LogP contribution in [0.1, 0.15) is 24.2 Å². The number of aromatic nitrogens is 1.